The van der Waals surface area contributed by atoms with E-state index in [1.54, 1.807) is 0 Å². The topological polar surface area (TPSA) is 61.2 Å². The van der Waals surface area contributed by atoms with Crippen LogP contribution in [0.3, 0.4) is 0 Å². The van der Waals surface area contributed by atoms with Gasteiger partial charge in [0.25, 0.3) is 0 Å². The molecule has 0 radical (unpaired) electrons. The van der Waals surface area contributed by atoms with Gasteiger partial charge < -0.3 is 19.9 Å². The molecule has 0 amide bonds. The van der Waals surface area contributed by atoms with Gasteiger partial charge >= 0.3 is 0 Å². The van der Waals surface area contributed by atoms with E-state index in [2.05, 4.69) is 61.4 Å². The molecule has 9 heteroatoms. The SMILES string of the molecule is CN=C(NCc1ccc(CN2CCCN(C)CC2)cc1)N1CCOC(c2cnn(C)c2)C1.I. The number of likely N-dealkylation sites (N-methyl/N-ethyl adjacent to an activating group) is 1. The molecular formula is C24H38IN7O. The van der Waals surface area contributed by atoms with Crippen molar-refractivity contribution in [3.8, 4) is 0 Å². The highest BCUT2D eigenvalue weighted by molar-refractivity contribution is 14.0. The maximum absolute atomic E-state index is 5.97. The second-order valence-corrected chi connectivity index (χ2v) is 8.90. The zero-order valence-corrected chi connectivity index (χ0v) is 22.4. The number of aliphatic imine (C=N–C) groups is 1. The van der Waals surface area contributed by atoms with Crippen LogP contribution in [0.5, 0.6) is 0 Å². The normalized spacial score (nSPS) is 20.9. The number of morpholine rings is 1. The Morgan fingerprint density at radius 1 is 1.09 bits per heavy atom. The van der Waals surface area contributed by atoms with Crippen molar-refractivity contribution in [3.05, 3.63) is 53.3 Å². The molecule has 8 nitrogen and oxygen atoms in total. The van der Waals surface area contributed by atoms with Crippen LogP contribution in [0.15, 0.2) is 41.7 Å². The van der Waals surface area contributed by atoms with Crippen molar-refractivity contribution in [2.75, 3.05) is 60.0 Å². The first-order chi connectivity index (χ1) is 15.6. The molecule has 0 spiro atoms. The number of nitrogens with one attached hydrogen (secondary N) is 1. The smallest absolute Gasteiger partial charge is 0.194 e. The summed E-state index contributed by atoms with van der Waals surface area (Å²) in [5.41, 5.74) is 3.76. The number of aryl methyl sites for hydroxylation is 1. The summed E-state index contributed by atoms with van der Waals surface area (Å²) >= 11 is 0. The highest BCUT2D eigenvalue weighted by atomic mass is 127. The van der Waals surface area contributed by atoms with Gasteiger partial charge in [0.2, 0.25) is 0 Å². The van der Waals surface area contributed by atoms with Crippen molar-refractivity contribution in [1.29, 1.82) is 0 Å². The summed E-state index contributed by atoms with van der Waals surface area (Å²) in [6.45, 7) is 8.78. The van der Waals surface area contributed by atoms with Gasteiger partial charge in [0, 0.05) is 58.6 Å². The molecule has 3 heterocycles. The van der Waals surface area contributed by atoms with Gasteiger partial charge in [-0.05, 0) is 37.7 Å². The largest absolute Gasteiger partial charge is 0.370 e. The quantitative estimate of drug-likeness (QED) is 0.340. The first kappa shape index (κ1) is 25.9. The Bertz CT molecular complexity index is 885. The number of nitrogens with zero attached hydrogens (tertiary/aromatic N) is 6. The van der Waals surface area contributed by atoms with E-state index in [-0.39, 0.29) is 30.1 Å². The van der Waals surface area contributed by atoms with Gasteiger partial charge in [0.05, 0.1) is 19.3 Å². The number of rotatable bonds is 5. The maximum Gasteiger partial charge on any atom is 0.194 e. The van der Waals surface area contributed by atoms with Gasteiger partial charge in [-0.25, -0.2) is 0 Å². The summed E-state index contributed by atoms with van der Waals surface area (Å²) in [5, 5.41) is 7.81. The average molecular weight is 568 g/mol. The molecule has 1 atom stereocenters. The summed E-state index contributed by atoms with van der Waals surface area (Å²) < 4.78 is 7.79. The lowest BCUT2D eigenvalue weighted by atomic mass is 10.1. The van der Waals surface area contributed by atoms with Gasteiger partial charge in [0.1, 0.15) is 6.10 Å². The third-order valence-corrected chi connectivity index (χ3v) is 6.37. The van der Waals surface area contributed by atoms with Crippen LogP contribution in [0, 0.1) is 0 Å². The minimum Gasteiger partial charge on any atom is -0.370 e. The molecule has 2 aromatic rings. The Labute approximate surface area is 215 Å². The number of ether oxygens (including phenoxy) is 1. The molecule has 2 aliphatic heterocycles. The summed E-state index contributed by atoms with van der Waals surface area (Å²) in [6.07, 6.45) is 5.18. The minimum absolute atomic E-state index is 0. The molecule has 33 heavy (non-hydrogen) atoms. The van der Waals surface area contributed by atoms with Crippen LogP contribution in [0.1, 0.15) is 29.2 Å². The molecule has 0 bridgehead atoms. The number of aromatic nitrogens is 2. The van der Waals surface area contributed by atoms with Gasteiger partial charge in [-0.1, -0.05) is 24.3 Å². The van der Waals surface area contributed by atoms with Gasteiger partial charge in [-0.2, -0.15) is 5.10 Å². The zero-order valence-electron chi connectivity index (χ0n) is 20.1. The van der Waals surface area contributed by atoms with Crippen molar-refractivity contribution < 1.29 is 4.74 Å². The first-order valence-corrected chi connectivity index (χ1v) is 11.6. The molecule has 0 aliphatic carbocycles. The van der Waals surface area contributed by atoms with Crippen LogP contribution >= 0.6 is 24.0 Å². The molecule has 182 valence electrons. The summed E-state index contributed by atoms with van der Waals surface area (Å²) in [5.74, 6) is 0.917. The van der Waals surface area contributed by atoms with E-state index in [0.717, 1.165) is 50.8 Å². The average Bonchev–Trinajstić information content (AvgIpc) is 3.15. The Morgan fingerprint density at radius 3 is 2.61 bits per heavy atom. The molecule has 0 saturated carbocycles. The molecule has 1 unspecified atom stereocenters. The van der Waals surface area contributed by atoms with Crippen LogP contribution in [0.25, 0.3) is 0 Å². The molecule has 2 fully saturated rings. The Kier molecular flexibility index (Phi) is 9.96. The Hall–Kier alpha value is -1.69. The maximum atomic E-state index is 5.97. The fourth-order valence-electron chi connectivity index (χ4n) is 4.44. The van der Waals surface area contributed by atoms with E-state index in [1.807, 2.05) is 31.2 Å². The predicted molar refractivity (Wildman–Crippen MR) is 143 cm³/mol. The van der Waals surface area contributed by atoms with Crippen LogP contribution in [0.4, 0.5) is 0 Å². The summed E-state index contributed by atoms with van der Waals surface area (Å²) in [4.78, 5) is 11.8. The highest BCUT2D eigenvalue weighted by Gasteiger charge is 2.25. The van der Waals surface area contributed by atoms with Gasteiger partial charge in [-0.3, -0.25) is 14.6 Å². The Balaban J connectivity index is 0.00000306. The van der Waals surface area contributed by atoms with Crippen molar-refractivity contribution in [2.24, 2.45) is 12.0 Å². The van der Waals surface area contributed by atoms with E-state index >= 15 is 0 Å². The fraction of sp³-hybridized carbons (Fsp3) is 0.583. The minimum atomic E-state index is 0. The van der Waals surface area contributed by atoms with Gasteiger partial charge in [0.15, 0.2) is 5.96 Å². The molecular weight excluding hydrogens is 529 g/mol. The third kappa shape index (κ3) is 7.40. The molecule has 1 N–H and O–H groups in total. The molecule has 2 saturated heterocycles. The number of hydrogen-bond donors (Lipinski definition) is 1. The van der Waals surface area contributed by atoms with Crippen LogP contribution in [0.2, 0.25) is 0 Å². The van der Waals surface area contributed by atoms with E-state index in [0.29, 0.717) is 6.61 Å². The summed E-state index contributed by atoms with van der Waals surface area (Å²) in [7, 11) is 6.00. The monoisotopic (exact) mass is 567 g/mol. The Morgan fingerprint density at radius 2 is 1.88 bits per heavy atom. The van der Waals surface area contributed by atoms with Crippen molar-refractivity contribution in [3.63, 3.8) is 0 Å². The predicted octanol–water partition coefficient (Wildman–Crippen LogP) is 2.32. The summed E-state index contributed by atoms with van der Waals surface area (Å²) in [6, 6.07) is 9.00. The highest BCUT2D eigenvalue weighted by Crippen LogP contribution is 2.21. The lowest BCUT2D eigenvalue weighted by Crippen LogP contribution is -2.47. The van der Waals surface area contributed by atoms with Crippen molar-refractivity contribution in [2.45, 2.75) is 25.6 Å². The lowest BCUT2D eigenvalue weighted by Gasteiger charge is -2.34. The number of guanidine groups is 1. The van der Waals surface area contributed by atoms with Gasteiger partial charge in [-0.15, -0.1) is 24.0 Å². The number of benzene rings is 1. The van der Waals surface area contributed by atoms with Crippen LogP contribution in [-0.2, 0) is 24.9 Å². The lowest BCUT2D eigenvalue weighted by molar-refractivity contribution is -0.00805. The van der Waals surface area contributed by atoms with E-state index in [4.69, 9.17) is 4.74 Å². The van der Waals surface area contributed by atoms with E-state index in [9.17, 15) is 0 Å². The van der Waals surface area contributed by atoms with E-state index in [1.165, 1.54) is 30.6 Å². The molecule has 4 rings (SSSR count). The number of hydrogen-bond acceptors (Lipinski definition) is 5. The standard InChI is InChI=1S/C24H37N7O.HI/c1-25-24(31-13-14-32-23(19-31)22-16-27-29(3)18-22)26-15-20-5-7-21(8-6-20)17-30-10-4-9-28(2)11-12-30;/h5-8,16,18,23H,4,9-15,17,19H2,1-3H3,(H,25,26);1H. The zero-order chi connectivity index (χ0) is 22.3. The fourth-order valence-corrected chi connectivity index (χ4v) is 4.44. The second-order valence-electron chi connectivity index (χ2n) is 8.90. The number of halogens is 1. The van der Waals surface area contributed by atoms with Crippen LogP contribution < -0.4 is 5.32 Å². The van der Waals surface area contributed by atoms with Crippen molar-refractivity contribution in [1.82, 2.24) is 29.8 Å². The van der Waals surface area contributed by atoms with Crippen molar-refractivity contribution >= 4 is 29.9 Å². The molecule has 2 aliphatic rings. The third-order valence-electron chi connectivity index (χ3n) is 6.37. The molecule has 1 aromatic heterocycles. The first-order valence-electron chi connectivity index (χ1n) is 11.6. The van der Waals surface area contributed by atoms with Crippen LogP contribution in [-0.4, -0.2) is 90.4 Å². The second kappa shape index (κ2) is 12.7. The molecule has 1 aromatic carbocycles. The van der Waals surface area contributed by atoms with E-state index < -0.39 is 0 Å².